The van der Waals surface area contributed by atoms with Crippen LogP contribution in [0.4, 0.5) is 0 Å². The molecule has 0 unspecified atom stereocenters. The standard InChI is InChI=1S/C12H13ClN2O/c13-9-10-3-5-11(6-4-10)12(16)15-8-2-1-7-14/h3-6H,1-2,8-9H2,(H,15,16). The molecular formula is C12H13ClN2O. The van der Waals surface area contributed by atoms with Crippen LogP contribution in [0.1, 0.15) is 28.8 Å². The molecule has 0 saturated heterocycles. The minimum atomic E-state index is -0.112. The van der Waals surface area contributed by atoms with E-state index in [0.717, 1.165) is 5.56 Å². The second-order valence-electron chi connectivity index (χ2n) is 3.35. The van der Waals surface area contributed by atoms with Crippen molar-refractivity contribution in [2.75, 3.05) is 6.54 Å². The van der Waals surface area contributed by atoms with E-state index in [1.807, 2.05) is 18.2 Å². The van der Waals surface area contributed by atoms with Crippen molar-refractivity contribution in [3.05, 3.63) is 35.4 Å². The molecule has 1 aromatic carbocycles. The van der Waals surface area contributed by atoms with Gasteiger partial charge in [-0.1, -0.05) is 12.1 Å². The van der Waals surface area contributed by atoms with Crippen LogP contribution in [0.3, 0.4) is 0 Å². The summed E-state index contributed by atoms with van der Waals surface area (Å²) in [6.45, 7) is 0.531. The van der Waals surface area contributed by atoms with Crippen molar-refractivity contribution in [2.45, 2.75) is 18.7 Å². The quantitative estimate of drug-likeness (QED) is 0.631. The number of benzene rings is 1. The lowest BCUT2D eigenvalue weighted by Gasteiger charge is -2.04. The maximum Gasteiger partial charge on any atom is 0.251 e. The summed E-state index contributed by atoms with van der Waals surface area (Å²) < 4.78 is 0. The number of nitrogens with one attached hydrogen (secondary N) is 1. The summed E-state index contributed by atoms with van der Waals surface area (Å²) in [5, 5.41) is 11.1. The monoisotopic (exact) mass is 236 g/mol. The Labute approximate surface area is 100 Å². The lowest BCUT2D eigenvalue weighted by Crippen LogP contribution is -2.24. The van der Waals surface area contributed by atoms with Crippen LogP contribution < -0.4 is 5.32 Å². The molecule has 0 fully saturated rings. The Bertz CT molecular complexity index is 381. The van der Waals surface area contributed by atoms with Gasteiger partial charge in [-0.3, -0.25) is 4.79 Å². The summed E-state index contributed by atoms with van der Waals surface area (Å²) >= 11 is 5.65. The van der Waals surface area contributed by atoms with Gasteiger partial charge in [-0.2, -0.15) is 5.26 Å². The number of carbonyl (C=O) groups excluding carboxylic acids is 1. The summed E-state index contributed by atoms with van der Waals surface area (Å²) in [6, 6.07) is 9.19. The Morgan fingerprint density at radius 2 is 2.06 bits per heavy atom. The van der Waals surface area contributed by atoms with E-state index in [1.165, 1.54) is 0 Å². The van der Waals surface area contributed by atoms with Gasteiger partial charge in [-0.15, -0.1) is 11.6 Å². The van der Waals surface area contributed by atoms with Crippen molar-refractivity contribution in [3.8, 4) is 6.07 Å². The van der Waals surface area contributed by atoms with E-state index in [4.69, 9.17) is 16.9 Å². The minimum Gasteiger partial charge on any atom is -0.352 e. The average Bonchev–Trinajstić information content (AvgIpc) is 2.34. The van der Waals surface area contributed by atoms with Crippen LogP contribution in [0.25, 0.3) is 0 Å². The first kappa shape index (κ1) is 12.5. The molecule has 0 atom stereocenters. The molecule has 0 saturated carbocycles. The molecule has 0 radical (unpaired) electrons. The molecule has 1 rings (SSSR count). The molecule has 84 valence electrons. The minimum absolute atomic E-state index is 0.112. The Morgan fingerprint density at radius 3 is 2.62 bits per heavy atom. The third-order valence-corrected chi connectivity index (χ3v) is 2.43. The van der Waals surface area contributed by atoms with Crippen molar-refractivity contribution in [3.63, 3.8) is 0 Å². The van der Waals surface area contributed by atoms with Gasteiger partial charge in [0.1, 0.15) is 0 Å². The molecule has 0 aliphatic rings. The second kappa shape index (κ2) is 6.86. The third kappa shape index (κ3) is 3.92. The molecule has 0 spiro atoms. The van der Waals surface area contributed by atoms with Crippen LogP contribution in [0.2, 0.25) is 0 Å². The zero-order chi connectivity index (χ0) is 11.8. The van der Waals surface area contributed by atoms with Crippen LogP contribution in [-0.2, 0) is 5.88 Å². The molecule has 0 aliphatic carbocycles. The van der Waals surface area contributed by atoms with Crippen molar-refractivity contribution in [1.29, 1.82) is 5.26 Å². The maximum atomic E-state index is 11.6. The van der Waals surface area contributed by atoms with Crippen molar-refractivity contribution in [1.82, 2.24) is 5.32 Å². The fraction of sp³-hybridized carbons (Fsp3) is 0.333. The summed E-state index contributed by atoms with van der Waals surface area (Å²) in [4.78, 5) is 11.6. The number of hydrogen-bond donors (Lipinski definition) is 1. The first-order chi connectivity index (χ1) is 7.77. The van der Waals surface area contributed by atoms with Crippen molar-refractivity contribution < 1.29 is 4.79 Å². The number of unbranched alkanes of at least 4 members (excludes halogenated alkanes) is 1. The van der Waals surface area contributed by atoms with Gasteiger partial charge in [0.2, 0.25) is 0 Å². The third-order valence-electron chi connectivity index (χ3n) is 2.12. The molecule has 1 aromatic rings. The molecule has 0 bridgehead atoms. The van der Waals surface area contributed by atoms with Gasteiger partial charge >= 0.3 is 0 Å². The van der Waals surface area contributed by atoms with Gasteiger partial charge in [0, 0.05) is 24.4 Å². The van der Waals surface area contributed by atoms with Gasteiger partial charge in [0.05, 0.1) is 6.07 Å². The fourth-order valence-corrected chi connectivity index (χ4v) is 1.39. The fourth-order valence-electron chi connectivity index (χ4n) is 1.22. The predicted octanol–water partition coefficient (Wildman–Crippen LogP) is 2.46. The van der Waals surface area contributed by atoms with E-state index in [1.54, 1.807) is 12.1 Å². The van der Waals surface area contributed by atoms with E-state index in [0.29, 0.717) is 30.8 Å². The molecule has 1 amide bonds. The lowest BCUT2D eigenvalue weighted by molar-refractivity contribution is 0.0953. The van der Waals surface area contributed by atoms with Gasteiger partial charge in [0.25, 0.3) is 5.91 Å². The Morgan fingerprint density at radius 1 is 1.38 bits per heavy atom. The number of hydrogen-bond acceptors (Lipinski definition) is 2. The zero-order valence-corrected chi connectivity index (χ0v) is 9.63. The van der Waals surface area contributed by atoms with Crippen molar-refractivity contribution >= 4 is 17.5 Å². The molecule has 3 nitrogen and oxygen atoms in total. The highest BCUT2D eigenvalue weighted by molar-refractivity contribution is 6.17. The second-order valence-corrected chi connectivity index (χ2v) is 3.62. The summed E-state index contributed by atoms with van der Waals surface area (Å²) in [7, 11) is 0. The van der Waals surface area contributed by atoms with Crippen LogP contribution in [0.5, 0.6) is 0 Å². The van der Waals surface area contributed by atoms with E-state index in [9.17, 15) is 4.79 Å². The number of nitriles is 1. The zero-order valence-electron chi connectivity index (χ0n) is 8.87. The Kier molecular flexibility index (Phi) is 5.38. The van der Waals surface area contributed by atoms with Gasteiger partial charge in [-0.25, -0.2) is 0 Å². The predicted molar refractivity (Wildman–Crippen MR) is 63.2 cm³/mol. The molecular weight excluding hydrogens is 224 g/mol. The Hall–Kier alpha value is -1.53. The molecule has 4 heteroatoms. The molecule has 0 aromatic heterocycles. The number of nitrogens with zero attached hydrogens (tertiary/aromatic N) is 1. The molecule has 0 aliphatic heterocycles. The summed E-state index contributed by atoms with van der Waals surface area (Å²) in [6.07, 6.45) is 1.15. The smallest absolute Gasteiger partial charge is 0.251 e. The van der Waals surface area contributed by atoms with E-state index in [-0.39, 0.29) is 5.91 Å². The molecule has 0 heterocycles. The number of halogens is 1. The van der Waals surface area contributed by atoms with Crippen LogP contribution in [-0.4, -0.2) is 12.5 Å². The van der Waals surface area contributed by atoms with E-state index in [2.05, 4.69) is 5.32 Å². The number of alkyl halides is 1. The summed E-state index contributed by atoms with van der Waals surface area (Å²) in [5.74, 6) is 0.337. The van der Waals surface area contributed by atoms with Gasteiger partial charge < -0.3 is 5.32 Å². The SMILES string of the molecule is N#CCCCNC(=O)c1ccc(CCl)cc1. The maximum absolute atomic E-state index is 11.6. The highest BCUT2D eigenvalue weighted by atomic mass is 35.5. The first-order valence-electron chi connectivity index (χ1n) is 5.08. The van der Waals surface area contributed by atoms with Crippen LogP contribution in [0, 0.1) is 11.3 Å². The molecule has 1 N–H and O–H groups in total. The normalized spacial score (nSPS) is 9.50. The number of rotatable bonds is 5. The van der Waals surface area contributed by atoms with E-state index >= 15 is 0 Å². The van der Waals surface area contributed by atoms with Crippen LogP contribution in [0.15, 0.2) is 24.3 Å². The summed E-state index contributed by atoms with van der Waals surface area (Å²) in [5.41, 5.74) is 1.61. The average molecular weight is 237 g/mol. The largest absolute Gasteiger partial charge is 0.352 e. The van der Waals surface area contributed by atoms with Gasteiger partial charge in [0.15, 0.2) is 0 Å². The highest BCUT2D eigenvalue weighted by Gasteiger charge is 2.03. The highest BCUT2D eigenvalue weighted by Crippen LogP contribution is 2.06. The topological polar surface area (TPSA) is 52.9 Å². The first-order valence-corrected chi connectivity index (χ1v) is 5.61. The Balaban J connectivity index is 2.44. The van der Waals surface area contributed by atoms with E-state index < -0.39 is 0 Å². The number of amides is 1. The van der Waals surface area contributed by atoms with Gasteiger partial charge in [-0.05, 0) is 24.1 Å². The lowest BCUT2D eigenvalue weighted by atomic mass is 10.1. The van der Waals surface area contributed by atoms with Crippen molar-refractivity contribution in [2.24, 2.45) is 0 Å². The molecule has 16 heavy (non-hydrogen) atoms. The number of carbonyl (C=O) groups is 1. The van der Waals surface area contributed by atoms with Crippen LogP contribution >= 0.6 is 11.6 Å².